The molecule has 0 spiro atoms. The molecule has 2 aliphatic rings. The zero-order valence-corrected chi connectivity index (χ0v) is 13.0. The van der Waals surface area contributed by atoms with Gasteiger partial charge >= 0.3 is 12.0 Å². The van der Waals surface area contributed by atoms with Crippen LogP contribution in [0.3, 0.4) is 0 Å². The standard InChI is InChI=1S/C16H28N2O3/c1-12-2-3-14(10-12)11-17-16(21)18-8-6-13(7-9-18)4-5-15(19)20/h12-14H,2-11H2,1H3,(H,17,21)(H,19,20). The Balaban J connectivity index is 1.62. The molecule has 1 aliphatic heterocycles. The second-order valence-corrected chi connectivity index (χ2v) is 6.83. The number of carbonyl (C=O) groups is 2. The van der Waals surface area contributed by atoms with Crippen molar-refractivity contribution in [3.8, 4) is 0 Å². The van der Waals surface area contributed by atoms with E-state index in [1.54, 1.807) is 0 Å². The summed E-state index contributed by atoms with van der Waals surface area (Å²) in [6.45, 7) is 4.61. The molecule has 1 heterocycles. The zero-order valence-electron chi connectivity index (χ0n) is 13.0. The molecule has 2 amide bonds. The number of hydrogen-bond donors (Lipinski definition) is 2. The van der Waals surface area contributed by atoms with E-state index in [4.69, 9.17) is 5.11 Å². The van der Waals surface area contributed by atoms with Crippen molar-refractivity contribution in [1.29, 1.82) is 0 Å². The smallest absolute Gasteiger partial charge is 0.317 e. The summed E-state index contributed by atoms with van der Waals surface area (Å²) in [7, 11) is 0. The van der Waals surface area contributed by atoms with E-state index >= 15 is 0 Å². The Morgan fingerprint density at radius 1 is 1.14 bits per heavy atom. The fraction of sp³-hybridized carbons (Fsp3) is 0.875. The Morgan fingerprint density at radius 2 is 1.86 bits per heavy atom. The normalized spacial score (nSPS) is 26.8. The minimum Gasteiger partial charge on any atom is -0.481 e. The van der Waals surface area contributed by atoms with Crippen molar-refractivity contribution in [2.24, 2.45) is 17.8 Å². The summed E-state index contributed by atoms with van der Waals surface area (Å²) in [4.78, 5) is 24.6. The predicted octanol–water partition coefficient (Wildman–Crippen LogP) is 2.71. The number of nitrogens with one attached hydrogen (secondary N) is 1. The predicted molar refractivity (Wildman–Crippen MR) is 81.1 cm³/mol. The van der Waals surface area contributed by atoms with E-state index in [1.807, 2.05) is 4.90 Å². The number of nitrogens with zero attached hydrogens (tertiary/aromatic N) is 1. The molecule has 2 unspecified atom stereocenters. The summed E-state index contributed by atoms with van der Waals surface area (Å²) >= 11 is 0. The first-order valence-electron chi connectivity index (χ1n) is 8.29. The molecule has 0 radical (unpaired) electrons. The van der Waals surface area contributed by atoms with E-state index in [1.165, 1.54) is 19.3 Å². The first-order chi connectivity index (χ1) is 10.0. The van der Waals surface area contributed by atoms with Gasteiger partial charge in [-0.15, -0.1) is 0 Å². The fourth-order valence-corrected chi connectivity index (χ4v) is 3.61. The van der Waals surface area contributed by atoms with Gasteiger partial charge in [-0.3, -0.25) is 4.79 Å². The summed E-state index contributed by atoms with van der Waals surface area (Å²) in [5, 5.41) is 11.8. The quantitative estimate of drug-likeness (QED) is 0.819. The number of carbonyl (C=O) groups excluding carboxylic acids is 1. The molecule has 5 nitrogen and oxygen atoms in total. The second-order valence-electron chi connectivity index (χ2n) is 6.83. The highest BCUT2D eigenvalue weighted by atomic mass is 16.4. The maximum atomic E-state index is 12.1. The van der Waals surface area contributed by atoms with Crippen LogP contribution >= 0.6 is 0 Å². The van der Waals surface area contributed by atoms with E-state index in [0.29, 0.717) is 11.8 Å². The van der Waals surface area contributed by atoms with Gasteiger partial charge in [0.2, 0.25) is 0 Å². The number of carboxylic acid groups (broad SMARTS) is 1. The van der Waals surface area contributed by atoms with E-state index in [2.05, 4.69) is 12.2 Å². The maximum Gasteiger partial charge on any atom is 0.317 e. The van der Waals surface area contributed by atoms with Crippen molar-refractivity contribution in [3.05, 3.63) is 0 Å². The number of amides is 2. The average molecular weight is 296 g/mol. The summed E-state index contributed by atoms with van der Waals surface area (Å²) in [6.07, 6.45) is 6.61. The van der Waals surface area contributed by atoms with E-state index in [9.17, 15) is 9.59 Å². The SMILES string of the molecule is CC1CCC(CNC(=O)N2CCC(CCC(=O)O)CC2)C1. The van der Waals surface area contributed by atoms with Gasteiger partial charge in [0.05, 0.1) is 0 Å². The maximum absolute atomic E-state index is 12.1. The van der Waals surface area contributed by atoms with Gasteiger partial charge < -0.3 is 15.3 Å². The van der Waals surface area contributed by atoms with Crippen molar-refractivity contribution in [2.75, 3.05) is 19.6 Å². The number of aliphatic carboxylic acids is 1. The lowest BCUT2D eigenvalue weighted by molar-refractivity contribution is -0.137. The second kappa shape index (κ2) is 7.66. The highest BCUT2D eigenvalue weighted by Crippen LogP contribution is 2.29. The number of likely N-dealkylation sites (tertiary alicyclic amines) is 1. The lowest BCUT2D eigenvalue weighted by Crippen LogP contribution is -2.45. The van der Waals surface area contributed by atoms with Crippen molar-refractivity contribution in [2.45, 2.75) is 51.9 Å². The van der Waals surface area contributed by atoms with Crippen molar-refractivity contribution < 1.29 is 14.7 Å². The monoisotopic (exact) mass is 296 g/mol. The minimum atomic E-state index is -0.721. The number of carboxylic acids is 1. The van der Waals surface area contributed by atoms with Gasteiger partial charge in [0, 0.05) is 26.1 Å². The van der Waals surface area contributed by atoms with Gasteiger partial charge in [0.15, 0.2) is 0 Å². The number of rotatable bonds is 5. The van der Waals surface area contributed by atoms with Crippen LogP contribution in [0, 0.1) is 17.8 Å². The first-order valence-corrected chi connectivity index (χ1v) is 8.29. The van der Waals surface area contributed by atoms with Crippen LogP contribution in [0.25, 0.3) is 0 Å². The molecule has 120 valence electrons. The van der Waals surface area contributed by atoms with Gasteiger partial charge in [0.1, 0.15) is 0 Å². The lowest BCUT2D eigenvalue weighted by atomic mass is 9.92. The molecular weight excluding hydrogens is 268 g/mol. The number of hydrogen-bond acceptors (Lipinski definition) is 2. The van der Waals surface area contributed by atoms with Crippen molar-refractivity contribution in [3.63, 3.8) is 0 Å². The van der Waals surface area contributed by atoms with Crippen LogP contribution in [0.1, 0.15) is 51.9 Å². The van der Waals surface area contributed by atoms with Gasteiger partial charge in [-0.2, -0.15) is 0 Å². The molecule has 2 rings (SSSR count). The molecule has 1 saturated carbocycles. The van der Waals surface area contributed by atoms with E-state index < -0.39 is 5.97 Å². The zero-order chi connectivity index (χ0) is 15.2. The average Bonchev–Trinajstić information content (AvgIpc) is 2.89. The Bertz CT molecular complexity index is 365. The van der Waals surface area contributed by atoms with Gasteiger partial charge in [0.25, 0.3) is 0 Å². The van der Waals surface area contributed by atoms with Crippen molar-refractivity contribution >= 4 is 12.0 Å². The largest absolute Gasteiger partial charge is 0.481 e. The molecule has 2 fully saturated rings. The molecule has 21 heavy (non-hydrogen) atoms. The van der Waals surface area contributed by atoms with Crippen LogP contribution < -0.4 is 5.32 Å². The number of piperidine rings is 1. The lowest BCUT2D eigenvalue weighted by Gasteiger charge is -2.32. The Morgan fingerprint density at radius 3 is 2.43 bits per heavy atom. The van der Waals surface area contributed by atoms with Crippen LogP contribution in [-0.2, 0) is 4.79 Å². The third kappa shape index (κ3) is 5.21. The Kier molecular flexibility index (Phi) is 5.88. The molecule has 0 bridgehead atoms. The molecule has 0 aromatic rings. The minimum absolute atomic E-state index is 0.0613. The summed E-state index contributed by atoms with van der Waals surface area (Å²) in [5.41, 5.74) is 0. The molecule has 2 N–H and O–H groups in total. The van der Waals surface area contributed by atoms with Crippen molar-refractivity contribution in [1.82, 2.24) is 10.2 Å². The molecule has 0 aromatic heterocycles. The molecule has 2 atom stereocenters. The first kappa shape index (κ1) is 16.1. The molecule has 1 saturated heterocycles. The molecule has 5 heteroatoms. The Hall–Kier alpha value is -1.26. The molecule has 0 aromatic carbocycles. The molecule has 1 aliphatic carbocycles. The fourth-order valence-electron chi connectivity index (χ4n) is 3.61. The van der Waals surface area contributed by atoms with Crippen LogP contribution in [0.5, 0.6) is 0 Å². The van der Waals surface area contributed by atoms with E-state index in [-0.39, 0.29) is 12.5 Å². The van der Waals surface area contributed by atoms with Gasteiger partial charge in [-0.25, -0.2) is 4.79 Å². The van der Waals surface area contributed by atoms with Crippen LogP contribution in [0.15, 0.2) is 0 Å². The van der Waals surface area contributed by atoms with Gasteiger partial charge in [-0.05, 0) is 49.9 Å². The van der Waals surface area contributed by atoms with Gasteiger partial charge in [-0.1, -0.05) is 13.3 Å². The van der Waals surface area contributed by atoms with Crippen LogP contribution in [0.4, 0.5) is 4.79 Å². The van der Waals surface area contributed by atoms with Crippen LogP contribution in [0.2, 0.25) is 0 Å². The van der Waals surface area contributed by atoms with E-state index in [0.717, 1.165) is 44.8 Å². The summed E-state index contributed by atoms with van der Waals surface area (Å²) in [6, 6.07) is 0.0613. The van der Waals surface area contributed by atoms with Crippen LogP contribution in [-0.4, -0.2) is 41.6 Å². The number of urea groups is 1. The highest BCUT2D eigenvalue weighted by molar-refractivity contribution is 5.74. The third-order valence-corrected chi connectivity index (χ3v) is 5.01. The summed E-state index contributed by atoms with van der Waals surface area (Å²) in [5.74, 6) is 1.19. The molecular formula is C16H28N2O3. The topological polar surface area (TPSA) is 69.6 Å². The summed E-state index contributed by atoms with van der Waals surface area (Å²) < 4.78 is 0. The Labute approximate surface area is 127 Å². The third-order valence-electron chi connectivity index (χ3n) is 5.01. The highest BCUT2D eigenvalue weighted by Gasteiger charge is 2.25.